The number of halogens is 3. The van der Waals surface area contributed by atoms with Gasteiger partial charge >= 0.3 is 0 Å². The van der Waals surface area contributed by atoms with E-state index in [1.165, 1.54) is 17.9 Å². The van der Waals surface area contributed by atoms with Crippen molar-refractivity contribution in [1.29, 1.82) is 0 Å². The summed E-state index contributed by atoms with van der Waals surface area (Å²) in [5, 5.41) is 4.99. The van der Waals surface area contributed by atoms with E-state index in [-0.39, 0.29) is 18.0 Å². The topological polar surface area (TPSA) is 65.7 Å². The molecule has 6 nitrogen and oxygen atoms in total. The second-order valence-corrected chi connectivity index (χ2v) is 9.77. The van der Waals surface area contributed by atoms with Crippen LogP contribution in [0.3, 0.4) is 0 Å². The SMILES string of the molecule is COc1cc(C=Nn2c(-c3ccccc3)nc3ccccc3c2=O)c(Br)c(Br)c1OCc1ccccc1F. The summed E-state index contributed by atoms with van der Waals surface area (Å²) in [5.41, 5.74) is 2.08. The zero-order valence-electron chi connectivity index (χ0n) is 20.1. The molecule has 0 aliphatic carbocycles. The number of hydrogen-bond acceptors (Lipinski definition) is 5. The van der Waals surface area contributed by atoms with Crippen molar-refractivity contribution in [2.45, 2.75) is 6.61 Å². The first-order valence-electron chi connectivity index (χ1n) is 11.5. The molecule has 0 radical (unpaired) electrons. The monoisotopic (exact) mass is 635 g/mol. The summed E-state index contributed by atoms with van der Waals surface area (Å²) in [7, 11) is 1.51. The second-order valence-electron chi connectivity index (χ2n) is 8.19. The van der Waals surface area contributed by atoms with Crippen molar-refractivity contribution in [3.8, 4) is 22.9 Å². The molecule has 0 saturated carbocycles. The summed E-state index contributed by atoms with van der Waals surface area (Å²) in [6, 6.07) is 24.7. The van der Waals surface area contributed by atoms with Crippen LogP contribution in [0.25, 0.3) is 22.3 Å². The van der Waals surface area contributed by atoms with Gasteiger partial charge in [0, 0.05) is 21.2 Å². The van der Waals surface area contributed by atoms with Crippen LogP contribution in [0.15, 0.2) is 104 Å². The molecule has 1 heterocycles. The van der Waals surface area contributed by atoms with Crippen molar-refractivity contribution in [3.05, 3.63) is 121 Å². The third kappa shape index (κ3) is 5.12. The Morgan fingerprint density at radius 2 is 1.68 bits per heavy atom. The van der Waals surface area contributed by atoms with Gasteiger partial charge in [-0.3, -0.25) is 4.79 Å². The Bertz CT molecular complexity index is 1720. The normalized spacial score (nSPS) is 11.3. The molecule has 9 heteroatoms. The second kappa shape index (κ2) is 11.3. The van der Waals surface area contributed by atoms with Gasteiger partial charge in [-0.25, -0.2) is 9.37 Å². The lowest BCUT2D eigenvalue weighted by molar-refractivity contribution is 0.277. The highest BCUT2D eigenvalue weighted by Crippen LogP contribution is 2.42. The summed E-state index contributed by atoms with van der Waals surface area (Å²) in [5.74, 6) is 0.867. The van der Waals surface area contributed by atoms with Gasteiger partial charge in [-0.05, 0) is 56.1 Å². The average molecular weight is 637 g/mol. The Labute approximate surface area is 234 Å². The van der Waals surface area contributed by atoms with E-state index in [1.807, 2.05) is 36.4 Å². The fraction of sp³-hybridized carbons (Fsp3) is 0.0690. The van der Waals surface area contributed by atoms with Gasteiger partial charge in [0.1, 0.15) is 12.4 Å². The molecule has 0 saturated heterocycles. The van der Waals surface area contributed by atoms with Crippen LogP contribution >= 0.6 is 31.9 Å². The van der Waals surface area contributed by atoms with E-state index in [2.05, 4.69) is 37.0 Å². The van der Waals surface area contributed by atoms with E-state index in [9.17, 15) is 9.18 Å². The van der Waals surface area contributed by atoms with Crippen molar-refractivity contribution in [2.24, 2.45) is 5.10 Å². The molecular formula is C29H20Br2FN3O3. The lowest BCUT2D eigenvalue weighted by Gasteiger charge is -2.16. The third-order valence-electron chi connectivity index (χ3n) is 5.80. The molecule has 5 rings (SSSR count). The van der Waals surface area contributed by atoms with Gasteiger partial charge < -0.3 is 9.47 Å². The molecule has 0 spiro atoms. The first kappa shape index (κ1) is 25.8. The highest BCUT2D eigenvalue weighted by Gasteiger charge is 2.18. The van der Waals surface area contributed by atoms with Crippen molar-refractivity contribution < 1.29 is 13.9 Å². The van der Waals surface area contributed by atoms with Crippen LogP contribution in [0.5, 0.6) is 11.5 Å². The summed E-state index contributed by atoms with van der Waals surface area (Å²) < 4.78 is 28.0. The van der Waals surface area contributed by atoms with Crippen molar-refractivity contribution in [2.75, 3.05) is 7.11 Å². The van der Waals surface area contributed by atoms with Crippen LogP contribution in [-0.2, 0) is 6.61 Å². The lowest BCUT2D eigenvalue weighted by Crippen LogP contribution is -2.20. The van der Waals surface area contributed by atoms with Gasteiger partial charge in [-0.15, -0.1) is 0 Å². The van der Waals surface area contributed by atoms with Gasteiger partial charge in [0.15, 0.2) is 17.3 Å². The number of para-hydroxylation sites is 1. The molecule has 0 N–H and O–H groups in total. The maximum absolute atomic E-state index is 14.1. The molecule has 4 aromatic carbocycles. The van der Waals surface area contributed by atoms with E-state index in [0.29, 0.717) is 48.3 Å². The van der Waals surface area contributed by atoms with Crippen LogP contribution in [0, 0.1) is 5.82 Å². The number of aromatic nitrogens is 2. The maximum Gasteiger partial charge on any atom is 0.282 e. The number of methoxy groups -OCH3 is 1. The molecule has 0 atom stereocenters. The Kier molecular flexibility index (Phi) is 7.67. The highest BCUT2D eigenvalue weighted by atomic mass is 79.9. The highest BCUT2D eigenvalue weighted by molar-refractivity contribution is 9.13. The number of fused-ring (bicyclic) bond motifs is 1. The molecule has 5 aromatic rings. The standard InChI is InChI=1S/C29H20Br2FN3O3/c1-37-24-15-20(25(30)26(31)27(24)38-17-19-11-5-7-13-22(19)32)16-33-35-28(18-9-3-2-4-10-18)34-23-14-8-6-12-21(23)29(35)36/h2-16H,17H2,1H3. The van der Waals surface area contributed by atoms with E-state index in [1.54, 1.807) is 48.7 Å². The zero-order valence-corrected chi connectivity index (χ0v) is 23.2. The van der Waals surface area contributed by atoms with Crippen LogP contribution in [0.1, 0.15) is 11.1 Å². The van der Waals surface area contributed by atoms with E-state index >= 15 is 0 Å². The number of ether oxygens (including phenoxy) is 2. The van der Waals surface area contributed by atoms with Gasteiger partial charge in [-0.1, -0.05) is 60.7 Å². The molecule has 38 heavy (non-hydrogen) atoms. The van der Waals surface area contributed by atoms with Gasteiger partial charge in [0.05, 0.1) is 28.7 Å². The Morgan fingerprint density at radius 3 is 2.45 bits per heavy atom. The molecule has 1 aromatic heterocycles. The van der Waals surface area contributed by atoms with E-state index in [4.69, 9.17) is 14.5 Å². The quantitative estimate of drug-likeness (QED) is 0.177. The summed E-state index contributed by atoms with van der Waals surface area (Å²) in [6.07, 6.45) is 1.54. The minimum Gasteiger partial charge on any atom is -0.493 e. The van der Waals surface area contributed by atoms with Gasteiger partial charge in [-0.2, -0.15) is 9.78 Å². The molecule has 190 valence electrons. The first-order valence-corrected chi connectivity index (χ1v) is 13.1. The third-order valence-corrected chi connectivity index (χ3v) is 7.95. The molecular weight excluding hydrogens is 617 g/mol. The van der Waals surface area contributed by atoms with E-state index < -0.39 is 0 Å². The van der Waals surface area contributed by atoms with Gasteiger partial charge in [0.25, 0.3) is 5.56 Å². The molecule has 0 bridgehead atoms. The minimum absolute atomic E-state index is 0.0140. The molecule has 0 unspecified atom stereocenters. The summed E-state index contributed by atoms with van der Waals surface area (Å²) in [4.78, 5) is 18.2. The predicted molar refractivity (Wildman–Crippen MR) is 154 cm³/mol. The molecule has 0 aliphatic rings. The zero-order chi connectivity index (χ0) is 26.6. The van der Waals surface area contributed by atoms with Crippen molar-refractivity contribution in [3.63, 3.8) is 0 Å². The molecule has 0 aliphatic heterocycles. The Morgan fingerprint density at radius 1 is 0.974 bits per heavy atom. The van der Waals surface area contributed by atoms with Crippen LogP contribution < -0.4 is 15.0 Å². The fourth-order valence-electron chi connectivity index (χ4n) is 3.87. The van der Waals surface area contributed by atoms with Crippen LogP contribution in [0.2, 0.25) is 0 Å². The minimum atomic E-state index is -0.353. The summed E-state index contributed by atoms with van der Waals surface area (Å²) >= 11 is 7.13. The fourth-order valence-corrected chi connectivity index (χ4v) is 4.81. The molecule has 0 amide bonds. The average Bonchev–Trinajstić information content (AvgIpc) is 2.95. The van der Waals surface area contributed by atoms with E-state index in [0.717, 1.165) is 5.56 Å². The van der Waals surface area contributed by atoms with Crippen LogP contribution in [0.4, 0.5) is 4.39 Å². The Hall–Kier alpha value is -3.82. The molecule has 0 fully saturated rings. The first-order chi connectivity index (χ1) is 18.5. The summed E-state index contributed by atoms with van der Waals surface area (Å²) in [6.45, 7) is 0.0140. The number of nitrogens with zero attached hydrogens (tertiary/aromatic N) is 3. The van der Waals surface area contributed by atoms with Gasteiger partial charge in [0.2, 0.25) is 0 Å². The van der Waals surface area contributed by atoms with Crippen LogP contribution in [-0.4, -0.2) is 23.0 Å². The number of rotatable bonds is 7. The van der Waals surface area contributed by atoms with Crippen molar-refractivity contribution in [1.82, 2.24) is 9.66 Å². The number of hydrogen-bond donors (Lipinski definition) is 0. The Balaban J connectivity index is 1.56. The van der Waals surface area contributed by atoms with Crippen molar-refractivity contribution >= 4 is 49.0 Å². The predicted octanol–water partition coefficient (Wildman–Crippen LogP) is 7.20. The largest absolute Gasteiger partial charge is 0.493 e. The lowest BCUT2D eigenvalue weighted by atomic mass is 10.2. The smallest absolute Gasteiger partial charge is 0.282 e. The maximum atomic E-state index is 14.1. The number of benzene rings is 4.